The zero-order chi connectivity index (χ0) is 14.2. The van der Waals surface area contributed by atoms with E-state index in [9.17, 15) is 13.2 Å². The normalized spacial score (nSPS) is 15.7. The van der Waals surface area contributed by atoms with Crippen LogP contribution in [-0.4, -0.2) is 25.7 Å². The van der Waals surface area contributed by atoms with Gasteiger partial charge < -0.3 is 5.73 Å². The van der Waals surface area contributed by atoms with Crippen LogP contribution in [0.3, 0.4) is 0 Å². The van der Waals surface area contributed by atoms with E-state index in [1.807, 2.05) is 6.92 Å². The average Bonchev–Trinajstić information content (AvgIpc) is 3.14. The molecule has 4 nitrogen and oxygen atoms in total. The summed E-state index contributed by atoms with van der Waals surface area (Å²) in [5.74, 6) is 0.821. The van der Waals surface area contributed by atoms with Gasteiger partial charge in [-0.2, -0.15) is 0 Å². The molecule has 19 heavy (non-hydrogen) atoms. The lowest BCUT2D eigenvalue weighted by atomic mass is 10.2. The number of carbonyl (C=O) groups excluding carboxylic acids is 1. The highest BCUT2D eigenvalue weighted by molar-refractivity contribution is 8.02. The Morgan fingerprint density at radius 3 is 2.53 bits per heavy atom. The molecule has 7 heteroatoms. The van der Waals surface area contributed by atoms with Gasteiger partial charge in [0.05, 0.1) is 20.5 Å². The van der Waals surface area contributed by atoms with E-state index in [-0.39, 0.29) is 28.0 Å². The standard InChI is InChI=1S/C12H17NO3S3/c1-3-17-12-11(19(15,16)4-2)8(13)10(18-12)9(14)7-5-6-7/h7H,3-6,13H2,1-2H3. The summed E-state index contributed by atoms with van der Waals surface area (Å²) in [6, 6.07) is 0. The molecule has 0 bridgehead atoms. The molecule has 0 unspecified atom stereocenters. The molecule has 2 N–H and O–H groups in total. The molecule has 1 aromatic heterocycles. The first-order valence-corrected chi connectivity index (χ1v) is 9.69. The lowest BCUT2D eigenvalue weighted by Crippen LogP contribution is -2.08. The Balaban J connectivity index is 2.54. The molecule has 0 aromatic carbocycles. The first-order valence-electron chi connectivity index (χ1n) is 6.24. The minimum atomic E-state index is -3.39. The molecule has 1 aliphatic carbocycles. The van der Waals surface area contributed by atoms with Crippen molar-refractivity contribution in [2.24, 2.45) is 5.92 Å². The zero-order valence-electron chi connectivity index (χ0n) is 10.9. The van der Waals surface area contributed by atoms with Gasteiger partial charge in [0.15, 0.2) is 15.6 Å². The third kappa shape index (κ3) is 2.83. The molecule has 0 spiro atoms. The van der Waals surface area contributed by atoms with Gasteiger partial charge in [0.2, 0.25) is 0 Å². The van der Waals surface area contributed by atoms with E-state index in [1.54, 1.807) is 6.92 Å². The van der Waals surface area contributed by atoms with Gasteiger partial charge in [0, 0.05) is 5.92 Å². The van der Waals surface area contributed by atoms with E-state index in [1.165, 1.54) is 23.1 Å². The summed E-state index contributed by atoms with van der Waals surface area (Å²) >= 11 is 2.67. The highest BCUT2D eigenvalue weighted by Crippen LogP contribution is 2.45. The summed E-state index contributed by atoms with van der Waals surface area (Å²) in [6.45, 7) is 3.54. The van der Waals surface area contributed by atoms with Crippen molar-refractivity contribution in [3.8, 4) is 0 Å². The number of ketones is 1. The molecule has 2 rings (SSSR count). The predicted molar refractivity (Wildman–Crippen MR) is 79.9 cm³/mol. The summed E-state index contributed by atoms with van der Waals surface area (Å²) < 4.78 is 24.9. The summed E-state index contributed by atoms with van der Waals surface area (Å²) in [4.78, 5) is 12.8. The van der Waals surface area contributed by atoms with Crippen molar-refractivity contribution in [2.75, 3.05) is 17.2 Å². The average molecular weight is 319 g/mol. The molecule has 1 saturated carbocycles. The van der Waals surface area contributed by atoms with Crippen molar-refractivity contribution in [3.05, 3.63) is 4.88 Å². The Morgan fingerprint density at radius 1 is 1.42 bits per heavy atom. The minimum absolute atomic E-state index is 0.00225. The second kappa shape index (κ2) is 5.46. The molecule has 0 atom stereocenters. The van der Waals surface area contributed by atoms with E-state index in [0.29, 0.717) is 9.09 Å². The maximum absolute atomic E-state index is 12.1. The van der Waals surface area contributed by atoms with Crippen molar-refractivity contribution in [1.29, 1.82) is 0 Å². The maximum Gasteiger partial charge on any atom is 0.182 e. The van der Waals surface area contributed by atoms with Crippen LogP contribution in [0.25, 0.3) is 0 Å². The Kier molecular flexibility index (Phi) is 4.27. The number of rotatable bonds is 6. The predicted octanol–water partition coefficient (Wildman–Crippen LogP) is 2.83. The van der Waals surface area contributed by atoms with Crippen LogP contribution in [0, 0.1) is 5.92 Å². The van der Waals surface area contributed by atoms with Crippen molar-refractivity contribution in [3.63, 3.8) is 0 Å². The molecule has 0 amide bonds. The number of anilines is 1. The number of nitrogens with two attached hydrogens (primary N) is 1. The Morgan fingerprint density at radius 2 is 2.05 bits per heavy atom. The monoisotopic (exact) mass is 319 g/mol. The van der Waals surface area contributed by atoms with Crippen LogP contribution in [0.15, 0.2) is 9.10 Å². The number of hydrogen-bond donors (Lipinski definition) is 1. The van der Waals surface area contributed by atoms with Gasteiger partial charge in [0.1, 0.15) is 4.90 Å². The first-order chi connectivity index (χ1) is 8.92. The summed E-state index contributed by atoms with van der Waals surface area (Å²) in [5.41, 5.74) is 6.13. The quantitative estimate of drug-likeness (QED) is 0.644. The fourth-order valence-corrected chi connectivity index (χ4v) is 6.10. The fraction of sp³-hybridized carbons (Fsp3) is 0.583. The van der Waals surface area contributed by atoms with Crippen LogP contribution in [0.1, 0.15) is 36.4 Å². The van der Waals surface area contributed by atoms with E-state index >= 15 is 0 Å². The topological polar surface area (TPSA) is 77.2 Å². The van der Waals surface area contributed by atoms with Gasteiger partial charge in [-0.25, -0.2) is 8.42 Å². The molecule has 0 saturated heterocycles. The number of Topliss-reactive ketones (excluding diaryl/α,β-unsaturated/α-hetero) is 1. The van der Waals surface area contributed by atoms with E-state index < -0.39 is 9.84 Å². The van der Waals surface area contributed by atoms with Crippen molar-refractivity contribution in [2.45, 2.75) is 35.8 Å². The van der Waals surface area contributed by atoms with Gasteiger partial charge in [-0.3, -0.25) is 4.79 Å². The van der Waals surface area contributed by atoms with Crippen LogP contribution in [-0.2, 0) is 9.84 Å². The van der Waals surface area contributed by atoms with Crippen molar-refractivity contribution < 1.29 is 13.2 Å². The summed E-state index contributed by atoms with van der Waals surface area (Å²) in [6.07, 6.45) is 1.78. The molecule has 1 heterocycles. The van der Waals surface area contributed by atoms with Gasteiger partial charge in [-0.15, -0.1) is 23.1 Å². The SMILES string of the molecule is CCSc1sc(C(=O)C2CC2)c(N)c1S(=O)(=O)CC. The molecule has 106 valence electrons. The molecule has 0 radical (unpaired) electrons. The minimum Gasteiger partial charge on any atom is -0.396 e. The summed E-state index contributed by atoms with van der Waals surface area (Å²) in [7, 11) is -3.39. The third-order valence-corrected chi connectivity index (χ3v) is 7.45. The number of carbonyl (C=O) groups is 1. The van der Waals surface area contributed by atoms with Gasteiger partial charge in [-0.05, 0) is 18.6 Å². The second-order valence-corrected chi connectivity index (χ2v) is 9.20. The van der Waals surface area contributed by atoms with Crippen LogP contribution < -0.4 is 5.73 Å². The Bertz CT molecular complexity index is 600. The number of nitrogen functional groups attached to an aromatic ring is 1. The van der Waals surface area contributed by atoms with E-state index in [2.05, 4.69) is 0 Å². The zero-order valence-corrected chi connectivity index (χ0v) is 13.4. The maximum atomic E-state index is 12.1. The largest absolute Gasteiger partial charge is 0.396 e. The van der Waals surface area contributed by atoms with Gasteiger partial charge in [0.25, 0.3) is 0 Å². The second-order valence-electron chi connectivity index (χ2n) is 4.44. The number of thioether (sulfide) groups is 1. The molecule has 0 aliphatic heterocycles. The van der Waals surface area contributed by atoms with E-state index in [0.717, 1.165) is 18.6 Å². The lowest BCUT2D eigenvalue weighted by molar-refractivity contribution is 0.0972. The Labute approximate surface area is 121 Å². The molecule has 1 aliphatic rings. The van der Waals surface area contributed by atoms with E-state index in [4.69, 9.17) is 5.73 Å². The smallest absolute Gasteiger partial charge is 0.182 e. The Hall–Kier alpha value is -0.530. The summed E-state index contributed by atoms with van der Waals surface area (Å²) in [5, 5.41) is 0. The molecule has 1 aromatic rings. The van der Waals surface area contributed by atoms with Gasteiger partial charge in [-0.1, -0.05) is 13.8 Å². The van der Waals surface area contributed by atoms with Crippen molar-refractivity contribution in [1.82, 2.24) is 0 Å². The third-order valence-electron chi connectivity index (χ3n) is 3.01. The molecular weight excluding hydrogens is 302 g/mol. The number of thiophene rings is 1. The fourth-order valence-electron chi connectivity index (χ4n) is 1.79. The number of sulfone groups is 1. The van der Waals surface area contributed by atoms with Crippen LogP contribution >= 0.6 is 23.1 Å². The van der Waals surface area contributed by atoms with Crippen LogP contribution in [0.5, 0.6) is 0 Å². The first kappa shape index (κ1) is 14.9. The lowest BCUT2D eigenvalue weighted by Gasteiger charge is -2.03. The number of hydrogen-bond acceptors (Lipinski definition) is 6. The highest BCUT2D eigenvalue weighted by Gasteiger charge is 2.36. The molecule has 1 fully saturated rings. The van der Waals surface area contributed by atoms with Crippen molar-refractivity contribution >= 4 is 44.4 Å². The van der Waals surface area contributed by atoms with Gasteiger partial charge >= 0.3 is 0 Å². The van der Waals surface area contributed by atoms with Crippen LogP contribution in [0.2, 0.25) is 0 Å². The molecular formula is C12H17NO3S3. The van der Waals surface area contributed by atoms with Crippen LogP contribution in [0.4, 0.5) is 5.69 Å². The highest BCUT2D eigenvalue weighted by atomic mass is 32.2.